The van der Waals surface area contributed by atoms with Gasteiger partial charge in [-0.3, -0.25) is 29.0 Å². The number of carbonyl (C=O) groups excluding carboxylic acids is 6. The molecule has 23 heteroatoms. The lowest BCUT2D eigenvalue weighted by Crippen LogP contribution is -2.60. The van der Waals surface area contributed by atoms with Crippen molar-refractivity contribution in [2.24, 2.45) is 16.6 Å². The van der Waals surface area contributed by atoms with E-state index in [4.69, 9.17) is 15.2 Å². The number of carbonyl (C=O) groups is 7. The summed E-state index contributed by atoms with van der Waals surface area (Å²) in [6.07, 6.45) is -0.917. The highest BCUT2D eigenvalue weighted by molar-refractivity contribution is 7.90. The van der Waals surface area contributed by atoms with Crippen molar-refractivity contribution in [3.05, 3.63) is 102 Å². The second-order valence-corrected chi connectivity index (χ2v) is 19.9. The molecule has 10 N–H and O–H groups in total. The Morgan fingerprint density at radius 1 is 0.732 bits per heavy atom. The van der Waals surface area contributed by atoms with E-state index in [-0.39, 0.29) is 55.4 Å². The molecule has 21 nitrogen and oxygen atoms in total. The van der Waals surface area contributed by atoms with E-state index in [1.54, 1.807) is 100 Å². The van der Waals surface area contributed by atoms with Crippen LogP contribution in [0, 0.1) is 12.8 Å². The monoisotopic (exact) mass is 1030 g/mol. The molecule has 0 bridgehead atoms. The zero-order valence-corrected chi connectivity index (χ0v) is 42.4. The van der Waals surface area contributed by atoms with Crippen LogP contribution >= 0.6 is 12.6 Å². The second-order valence-electron chi connectivity index (χ2n) is 17.9. The number of guanidine groups is 1. The minimum Gasteiger partial charge on any atom is -0.480 e. The molecule has 0 radical (unpaired) electrons. The molecule has 3 aromatic rings. The number of carboxylic acids is 1. The number of nitrogens with zero attached hydrogens (tertiary/aromatic N) is 1. The smallest absolute Gasteiger partial charge is 0.408 e. The zero-order chi connectivity index (χ0) is 52.7. The molecule has 71 heavy (non-hydrogen) atoms. The summed E-state index contributed by atoms with van der Waals surface area (Å²) < 4.78 is 39.4. The van der Waals surface area contributed by atoms with Crippen molar-refractivity contribution in [1.29, 1.82) is 0 Å². The van der Waals surface area contributed by atoms with Gasteiger partial charge in [-0.05, 0) is 76.1 Å². The number of benzene rings is 3. The summed E-state index contributed by atoms with van der Waals surface area (Å²) in [4.78, 5) is 97.5. The standard InChI is InChI=1S/C48H67N9O12S2/c1-30(2)24-36(56-47(65)69-48(4,5)6)43(61)53-35(18-13-23-50-46(49)57-71(66,67)34-21-19-31(3)20-22-34)42(60)55-38(28-68-27-33-16-11-8-12-17-33)44(62)54-37(25-32-14-9-7-10-15-32)41(59)51-26-40(58)52-39(29-70)45(63)64/h7-12,14-17,19-22,30,35-39,70H,13,18,23-29H2,1-6H3,(H,51,59)(H,52,58)(H,53,61)(H,54,62)(H,55,60)(H,56,65)(H,63,64)(H3,49,50,57)/t35-,36-,37-,38-,39-/m0/s1. The van der Waals surface area contributed by atoms with Gasteiger partial charge in [0.25, 0.3) is 10.0 Å². The van der Waals surface area contributed by atoms with E-state index in [1.807, 2.05) is 13.8 Å². The predicted molar refractivity (Wildman–Crippen MR) is 268 cm³/mol. The Morgan fingerprint density at radius 3 is 1.87 bits per heavy atom. The van der Waals surface area contributed by atoms with Crippen molar-refractivity contribution >= 4 is 70.2 Å². The fourth-order valence-electron chi connectivity index (χ4n) is 6.51. The Labute approximate surface area is 420 Å². The van der Waals surface area contributed by atoms with Crippen LogP contribution in [0.4, 0.5) is 4.79 Å². The molecule has 3 aromatic carbocycles. The highest BCUT2D eigenvalue weighted by Gasteiger charge is 2.33. The van der Waals surface area contributed by atoms with Crippen molar-refractivity contribution in [2.75, 3.05) is 25.4 Å². The van der Waals surface area contributed by atoms with Gasteiger partial charge in [0.15, 0.2) is 0 Å². The summed E-state index contributed by atoms with van der Waals surface area (Å²) in [6.45, 7) is 9.22. The lowest BCUT2D eigenvalue weighted by molar-refractivity contribution is -0.141. The van der Waals surface area contributed by atoms with Crippen LogP contribution in [0.1, 0.15) is 70.6 Å². The molecule has 0 fully saturated rings. The maximum absolute atomic E-state index is 14.4. The van der Waals surface area contributed by atoms with Crippen LogP contribution in [0.5, 0.6) is 0 Å². The Balaban J connectivity index is 1.94. The highest BCUT2D eigenvalue weighted by atomic mass is 32.2. The van der Waals surface area contributed by atoms with Crippen molar-refractivity contribution in [3.8, 4) is 0 Å². The topological polar surface area (TPSA) is 315 Å². The van der Waals surface area contributed by atoms with Crippen LogP contribution in [-0.2, 0) is 61.3 Å². The molecule has 0 aliphatic carbocycles. The number of nitrogens with two attached hydrogens (primary N) is 1. The molecule has 6 amide bonds. The largest absolute Gasteiger partial charge is 0.480 e. The second kappa shape index (κ2) is 28.8. The van der Waals surface area contributed by atoms with Gasteiger partial charge >= 0.3 is 12.1 Å². The minimum atomic E-state index is -4.08. The molecule has 0 aromatic heterocycles. The zero-order valence-electron chi connectivity index (χ0n) is 40.7. The molecule has 0 unspecified atom stereocenters. The Hall–Kier alpha value is -6.72. The fraction of sp³-hybridized carbons (Fsp3) is 0.458. The SMILES string of the molecule is Cc1ccc(S(=O)(=O)NC(N)=NCCC[C@H](NC(=O)[C@H](CC(C)C)NC(=O)OC(C)(C)C)C(=O)N[C@@H](COCc2ccccc2)C(=O)N[C@@H](Cc2ccccc2)C(=O)NCC(=O)N[C@@H](CS)C(=O)O)cc1. The van der Waals surface area contributed by atoms with Gasteiger partial charge in [-0.15, -0.1) is 0 Å². The molecule has 0 heterocycles. The molecule has 5 atom stereocenters. The summed E-state index contributed by atoms with van der Waals surface area (Å²) in [5.74, 6) is -6.26. The Morgan fingerprint density at radius 2 is 1.30 bits per heavy atom. The average molecular weight is 1030 g/mol. The third kappa shape index (κ3) is 22.3. The van der Waals surface area contributed by atoms with E-state index < -0.39 is 107 Å². The summed E-state index contributed by atoms with van der Waals surface area (Å²) in [5, 5.41) is 24.6. The molecule has 3 rings (SSSR count). The van der Waals surface area contributed by atoms with Crippen molar-refractivity contribution in [3.63, 3.8) is 0 Å². The Kier molecular flexibility index (Phi) is 23.8. The summed E-state index contributed by atoms with van der Waals surface area (Å²) >= 11 is 3.94. The molecule has 0 spiro atoms. The Bertz CT molecular complexity index is 2390. The number of ether oxygens (including phenoxy) is 2. The van der Waals surface area contributed by atoms with Gasteiger partial charge in [0.05, 0.1) is 24.7 Å². The number of aryl methyl sites for hydroxylation is 1. The van der Waals surface area contributed by atoms with Crippen molar-refractivity contribution < 1.29 is 56.6 Å². The number of amides is 6. The average Bonchev–Trinajstić information content (AvgIpc) is 3.29. The number of thiol groups is 1. The maximum Gasteiger partial charge on any atom is 0.408 e. The van der Waals surface area contributed by atoms with E-state index in [2.05, 4.69) is 54.2 Å². The molecule has 0 aliphatic heterocycles. The number of carboxylic acid groups (broad SMARTS) is 1. The fourth-order valence-corrected chi connectivity index (χ4v) is 7.71. The first-order valence-electron chi connectivity index (χ1n) is 22.8. The maximum atomic E-state index is 14.4. The molecule has 388 valence electrons. The molecular formula is C48H67N9O12S2. The number of sulfonamides is 1. The number of nitrogens with one attached hydrogen (secondary N) is 7. The van der Waals surface area contributed by atoms with Crippen LogP contribution in [-0.4, -0.2) is 122 Å². The van der Waals surface area contributed by atoms with E-state index in [0.29, 0.717) is 5.56 Å². The van der Waals surface area contributed by atoms with Gasteiger partial charge < -0.3 is 52.2 Å². The van der Waals surface area contributed by atoms with Crippen LogP contribution in [0.25, 0.3) is 0 Å². The number of aliphatic imine (C=N–C) groups is 1. The number of hydrogen-bond acceptors (Lipinski definition) is 13. The molecule has 0 aliphatic rings. The predicted octanol–water partition coefficient (Wildman–Crippen LogP) is 1.84. The first kappa shape index (κ1) is 58.6. The van der Waals surface area contributed by atoms with Crippen LogP contribution in [0.3, 0.4) is 0 Å². The number of aliphatic carboxylic acids is 1. The third-order valence-corrected chi connectivity index (χ3v) is 11.8. The third-order valence-electron chi connectivity index (χ3n) is 10.0. The van der Waals surface area contributed by atoms with Crippen LogP contribution in [0.15, 0.2) is 94.8 Å². The highest BCUT2D eigenvalue weighted by Crippen LogP contribution is 2.13. The molecule has 0 saturated carbocycles. The first-order chi connectivity index (χ1) is 33.5. The van der Waals surface area contributed by atoms with E-state index in [1.165, 1.54) is 12.1 Å². The van der Waals surface area contributed by atoms with E-state index >= 15 is 0 Å². The van der Waals surface area contributed by atoms with Gasteiger partial charge in [0, 0.05) is 18.7 Å². The van der Waals surface area contributed by atoms with Crippen LogP contribution in [0.2, 0.25) is 0 Å². The lowest BCUT2D eigenvalue weighted by Gasteiger charge is -2.27. The van der Waals surface area contributed by atoms with Crippen molar-refractivity contribution in [2.45, 2.75) is 115 Å². The number of alkyl carbamates (subject to hydrolysis) is 1. The van der Waals surface area contributed by atoms with Gasteiger partial charge in [-0.25, -0.2) is 22.7 Å². The first-order valence-corrected chi connectivity index (χ1v) is 24.9. The molecular weight excluding hydrogens is 959 g/mol. The van der Waals surface area contributed by atoms with Gasteiger partial charge in [-0.2, -0.15) is 12.6 Å². The van der Waals surface area contributed by atoms with Crippen LogP contribution < -0.4 is 42.4 Å². The summed E-state index contributed by atoms with van der Waals surface area (Å²) in [6, 6.07) is 16.8. The van der Waals surface area contributed by atoms with E-state index in [0.717, 1.165) is 11.1 Å². The van der Waals surface area contributed by atoms with Gasteiger partial charge in [-0.1, -0.05) is 92.2 Å². The van der Waals surface area contributed by atoms with Gasteiger partial charge in [0.2, 0.25) is 35.5 Å². The number of rotatable bonds is 27. The summed E-state index contributed by atoms with van der Waals surface area (Å²) in [5.41, 5.74) is 7.26. The number of hydrogen-bond donors (Lipinski definition) is 10. The van der Waals surface area contributed by atoms with E-state index in [9.17, 15) is 47.1 Å². The molecule has 0 saturated heterocycles. The lowest BCUT2D eigenvalue weighted by atomic mass is 10.0. The quantitative estimate of drug-likeness (QED) is 0.0226. The van der Waals surface area contributed by atoms with Gasteiger partial charge in [0.1, 0.15) is 35.8 Å². The summed E-state index contributed by atoms with van der Waals surface area (Å²) in [7, 11) is -4.08. The van der Waals surface area contributed by atoms with Crippen molar-refractivity contribution in [1.82, 2.24) is 36.6 Å². The normalized spacial score (nSPS) is 13.8. The minimum absolute atomic E-state index is 0.00757.